The van der Waals surface area contributed by atoms with Crippen LogP contribution >= 0.6 is 0 Å². The molecule has 0 unspecified atom stereocenters. The highest BCUT2D eigenvalue weighted by molar-refractivity contribution is 5.91. The van der Waals surface area contributed by atoms with Crippen molar-refractivity contribution in [2.45, 2.75) is 19.3 Å². The summed E-state index contributed by atoms with van der Waals surface area (Å²) >= 11 is 0. The van der Waals surface area contributed by atoms with Crippen molar-refractivity contribution < 1.29 is 4.79 Å². The molecule has 0 aliphatic heterocycles. The van der Waals surface area contributed by atoms with Gasteiger partial charge in [-0.25, -0.2) is 0 Å². The molecule has 1 amide bonds. The molecule has 0 saturated carbocycles. The largest absolute Gasteiger partial charge is 0.351 e. The van der Waals surface area contributed by atoms with Crippen LogP contribution in [0.1, 0.15) is 29.8 Å². The lowest BCUT2D eigenvalue weighted by atomic mass is 10.2. The molecule has 1 rings (SSSR count). The monoisotopic (exact) mass is 197 g/mol. The fraction of sp³-hybridized carbons (Fsp3) is 0.625. The van der Waals surface area contributed by atoms with E-state index in [2.05, 4.69) is 20.7 Å². The number of nitrogens with zero attached hydrogens (tertiary/aromatic N) is 2. The average Bonchev–Trinajstić information content (AvgIpc) is 2.70. The molecule has 14 heavy (non-hydrogen) atoms. The van der Waals surface area contributed by atoms with Crippen molar-refractivity contribution >= 4 is 5.91 Å². The van der Waals surface area contributed by atoms with Gasteiger partial charge in [0.25, 0.3) is 5.91 Å². The lowest BCUT2D eigenvalue weighted by Gasteiger charge is -2.01. The van der Waals surface area contributed by atoms with Crippen LogP contribution in [0.15, 0.2) is 6.20 Å². The van der Waals surface area contributed by atoms with Crippen LogP contribution < -0.4 is 11.1 Å². The van der Waals surface area contributed by atoms with E-state index < -0.39 is 0 Å². The van der Waals surface area contributed by atoms with Crippen molar-refractivity contribution in [1.29, 1.82) is 0 Å². The van der Waals surface area contributed by atoms with Crippen LogP contribution in [0.2, 0.25) is 0 Å². The Morgan fingerprint density at radius 1 is 1.50 bits per heavy atom. The van der Waals surface area contributed by atoms with Crippen molar-refractivity contribution in [2.75, 3.05) is 13.1 Å². The van der Waals surface area contributed by atoms with Gasteiger partial charge >= 0.3 is 0 Å². The van der Waals surface area contributed by atoms with Gasteiger partial charge in [0.2, 0.25) is 0 Å². The van der Waals surface area contributed by atoms with Gasteiger partial charge in [-0.05, 0) is 19.4 Å². The predicted molar refractivity (Wildman–Crippen MR) is 51.6 cm³/mol. The Bertz CT molecular complexity index is 259. The summed E-state index contributed by atoms with van der Waals surface area (Å²) in [6.45, 7) is 1.36. The van der Waals surface area contributed by atoms with Crippen LogP contribution in [0, 0.1) is 0 Å². The van der Waals surface area contributed by atoms with E-state index >= 15 is 0 Å². The second-order valence-electron chi connectivity index (χ2n) is 2.96. The fourth-order valence-corrected chi connectivity index (χ4v) is 1.05. The molecule has 1 heterocycles. The smallest absolute Gasteiger partial charge is 0.273 e. The summed E-state index contributed by atoms with van der Waals surface area (Å²) in [7, 11) is 0. The Kier molecular flexibility index (Phi) is 4.63. The fourth-order valence-electron chi connectivity index (χ4n) is 1.05. The number of aromatic amines is 1. The Balaban J connectivity index is 2.10. The summed E-state index contributed by atoms with van der Waals surface area (Å²) in [5.41, 5.74) is 5.66. The van der Waals surface area contributed by atoms with E-state index in [9.17, 15) is 4.79 Å². The molecule has 6 heteroatoms. The molecule has 1 aromatic rings. The number of amides is 1. The van der Waals surface area contributed by atoms with Crippen LogP contribution in [0.25, 0.3) is 0 Å². The number of nitrogens with two attached hydrogens (primary N) is 1. The highest BCUT2D eigenvalue weighted by Crippen LogP contribution is 1.93. The van der Waals surface area contributed by atoms with Crippen molar-refractivity contribution in [1.82, 2.24) is 20.7 Å². The number of nitrogens with one attached hydrogen (secondary N) is 2. The number of hydrogen-bond acceptors (Lipinski definition) is 4. The first-order chi connectivity index (χ1) is 6.84. The zero-order valence-corrected chi connectivity index (χ0v) is 7.99. The maximum atomic E-state index is 11.3. The molecule has 0 aliphatic rings. The number of aromatic nitrogens is 3. The minimum atomic E-state index is -0.188. The Hall–Kier alpha value is -1.43. The number of unbranched alkanes of at least 4 members (excludes halogenated alkanes) is 2. The minimum absolute atomic E-state index is 0.188. The average molecular weight is 197 g/mol. The first-order valence-electron chi connectivity index (χ1n) is 4.68. The minimum Gasteiger partial charge on any atom is -0.351 e. The summed E-state index contributed by atoms with van der Waals surface area (Å²) in [4.78, 5) is 11.3. The number of carbonyl (C=O) groups is 1. The van der Waals surface area contributed by atoms with E-state index in [-0.39, 0.29) is 5.91 Å². The molecule has 0 fully saturated rings. The topological polar surface area (TPSA) is 96.7 Å². The van der Waals surface area contributed by atoms with E-state index in [1.807, 2.05) is 0 Å². The summed E-state index contributed by atoms with van der Waals surface area (Å²) < 4.78 is 0. The van der Waals surface area contributed by atoms with Crippen LogP contribution in [0.3, 0.4) is 0 Å². The maximum Gasteiger partial charge on any atom is 0.273 e. The molecule has 0 saturated heterocycles. The zero-order valence-electron chi connectivity index (χ0n) is 7.99. The lowest BCUT2D eigenvalue weighted by molar-refractivity contribution is 0.0948. The molecule has 4 N–H and O–H groups in total. The summed E-state index contributed by atoms with van der Waals surface area (Å²) in [5, 5.41) is 12.3. The lowest BCUT2D eigenvalue weighted by Crippen LogP contribution is -2.24. The Labute approximate surface area is 82.3 Å². The van der Waals surface area contributed by atoms with Gasteiger partial charge in [-0.15, -0.1) is 0 Å². The first kappa shape index (κ1) is 10.6. The Morgan fingerprint density at radius 2 is 2.36 bits per heavy atom. The molecule has 1 aromatic heterocycles. The third-order valence-electron chi connectivity index (χ3n) is 1.81. The van der Waals surface area contributed by atoms with Gasteiger partial charge in [0.15, 0.2) is 5.69 Å². The van der Waals surface area contributed by atoms with E-state index in [1.165, 1.54) is 6.20 Å². The van der Waals surface area contributed by atoms with Gasteiger partial charge in [0, 0.05) is 6.54 Å². The number of rotatable bonds is 6. The summed E-state index contributed by atoms with van der Waals surface area (Å²) in [5.74, 6) is -0.188. The quantitative estimate of drug-likeness (QED) is 0.544. The van der Waals surface area contributed by atoms with Crippen LogP contribution in [0.4, 0.5) is 0 Å². The third kappa shape index (κ3) is 3.53. The molecule has 0 atom stereocenters. The molecule has 78 valence electrons. The van der Waals surface area contributed by atoms with Crippen LogP contribution in [-0.2, 0) is 0 Å². The number of hydrogen-bond donors (Lipinski definition) is 3. The van der Waals surface area contributed by atoms with E-state index in [4.69, 9.17) is 5.73 Å². The predicted octanol–water partition coefficient (Wildman–Crippen LogP) is -0.337. The zero-order chi connectivity index (χ0) is 10.2. The van der Waals surface area contributed by atoms with Gasteiger partial charge in [-0.1, -0.05) is 6.42 Å². The SMILES string of the molecule is NCCCCCNC(=O)c1cn[nH]n1. The summed E-state index contributed by atoms with van der Waals surface area (Å²) in [6.07, 6.45) is 4.38. The highest BCUT2D eigenvalue weighted by atomic mass is 16.1. The van der Waals surface area contributed by atoms with E-state index in [0.29, 0.717) is 18.8 Å². The number of carbonyl (C=O) groups excluding carboxylic acids is 1. The third-order valence-corrected chi connectivity index (χ3v) is 1.81. The first-order valence-corrected chi connectivity index (χ1v) is 4.68. The Morgan fingerprint density at radius 3 is 3.00 bits per heavy atom. The molecule has 0 aromatic carbocycles. The molecule has 6 nitrogen and oxygen atoms in total. The second-order valence-corrected chi connectivity index (χ2v) is 2.96. The maximum absolute atomic E-state index is 11.3. The molecule has 0 radical (unpaired) electrons. The van der Waals surface area contributed by atoms with Gasteiger partial charge in [0.05, 0.1) is 6.20 Å². The summed E-state index contributed by atoms with van der Waals surface area (Å²) in [6, 6.07) is 0. The molecule has 0 aliphatic carbocycles. The van der Waals surface area contributed by atoms with Crippen molar-refractivity contribution in [3.05, 3.63) is 11.9 Å². The van der Waals surface area contributed by atoms with Gasteiger partial charge < -0.3 is 11.1 Å². The molecular weight excluding hydrogens is 182 g/mol. The van der Waals surface area contributed by atoms with Gasteiger partial charge in [-0.3, -0.25) is 4.79 Å². The normalized spacial score (nSPS) is 10.1. The highest BCUT2D eigenvalue weighted by Gasteiger charge is 2.06. The van der Waals surface area contributed by atoms with Crippen LogP contribution in [-0.4, -0.2) is 34.4 Å². The van der Waals surface area contributed by atoms with Gasteiger partial charge in [-0.2, -0.15) is 15.4 Å². The van der Waals surface area contributed by atoms with Crippen LogP contribution in [0.5, 0.6) is 0 Å². The molecule has 0 bridgehead atoms. The van der Waals surface area contributed by atoms with E-state index in [0.717, 1.165) is 19.3 Å². The second kappa shape index (κ2) is 6.09. The van der Waals surface area contributed by atoms with Crippen molar-refractivity contribution in [3.8, 4) is 0 Å². The number of H-pyrrole nitrogens is 1. The van der Waals surface area contributed by atoms with Gasteiger partial charge in [0.1, 0.15) is 0 Å². The van der Waals surface area contributed by atoms with E-state index in [1.54, 1.807) is 0 Å². The molecule has 0 spiro atoms. The molecular formula is C8H15N5O. The van der Waals surface area contributed by atoms with Crippen molar-refractivity contribution in [2.24, 2.45) is 5.73 Å². The standard InChI is InChI=1S/C8H15N5O/c9-4-2-1-3-5-10-8(14)7-6-11-13-12-7/h6H,1-5,9H2,(H,10,14)(H,11,12,13). The van der Waals surface area contributed by atoms with Crippen molar-refractivity contribution in [3.63, 3.8) is 0 Å².